The van der Waals surface area contributed by atoms with Gasteiger partial charge in [0.1, 0.15) is 29.3 Å². The van der Waals surface area contributed by atoms with E-state index < -0.39 is 11.4 Å². The maximum absolute atomic E-state index is 14.7. The lowest BCUT2D eigenvalue weighted by Crippen LogP contribution is -2.46. The number of anilines is 1. The molecule has 2 aromatic carbocycles. The Labute approximate surface area is 218 Å². The number of rotatable bonds is 5. The Kier molecular flexibility index (Phi) is 5.92. The highest BCUT2D eigenvalue weighted by Gasteiger charge is 2.31. The predicted molar refractivity (Wildman–Crippen MR) is 143 cm³/mol. The minimum atomic E-state index is -0.631. The second-order valence-electron chi connectivity index (χ2n) is 9.99. The summed E-state index contributed by atoms with van der Waals surface area (Å²) in [5, 5.41) is 15.0. The predicted octanol–water partition coefficient (Wildman–Crippen LogP) is 4.27. The van der Waals surface area contributed by atoms with Crippen LogP contribution in [-0.4, -0.2) is 46.9 Å². The van der Waals surface area contributed by atoms with E-state index in [4.69, 9.17) is 15.6 Å². The van der Waals surface area contributed by atoms with Crippen molar-refractivity contribution in [3.05, 3.63) is 51.6 Å². The van der Waals surface area contributed by atoms with Gasteiger partial charge >= 0.3 is 11.6 Å². The van der Waals surface area contributed by atoms with Gasteiger partial charge in [0.2, 0.25) is 0 Å². The first kappa shape index (κ1) is 24.2. The molecule has 2 fully saturated rings. The van der Waals surface area contributed by atoms with E-state index in [-0.39, 0.29) is 40.6 Å². The van der Waals surface area contributed by atoms with Crippen molar-refractivity contribution < 1.29 is 18.7 Å². The number of phenolic OH excluding ortho intramolecular Hbond substituents is 1. The van der Waals surface area contributed by atoms with E-state index >= 15 is 0 Å². The molecule has 0 bridgehead atoms. The number of aromatic hydroxyl groups is 1. The Morgan fingerprint density at radius 2 is 2.13 bits per heavy atom. The van der Waals surface area contributed by atoms with E-state index in [2.05, 4.69) is 28.1 Å². The number of hydrogen-bond donors (Lipinski definition) is 2. The largest absolute Gasteiger partial charge is 0.508 e. The lowest BCUT2D eigenvalue weighted by atomic mass is 9.95. The number of nitrogens with zero attached hydrogens (tertiary/aromatic N) is 3. The summed E-state index contributed by atoms with van der Waals surface area (Å²) in [4.78, 5) is 24.8. The molecule has 2 aliphatic rings. The van der Waals surface area contributed by atoms with Gasteiger partial charge in [-0.2, -0.15) is 9.97 Å². The molecule has 2 aliphatic heterocycles. The molecule has 2 saturated heterocycles. The minimum absolute atomic E-state index is 0.0190. The SMILES string of the molecule is C#Cc1c(F)ccc2cc(O)cc(-c3oc(=O)c4c(N5CC[C@H]5C)nc(OC[C@@H]5CCCN5)nc4c3C)c12. The Balaban J connectivity index is 1.59. The molecule has 4 heterocycles. The van der Waals surface area contributed by atoms with E-state index in [1.54, 1.807) is 6.92 Å². The molecule has 9 heteroatoms. The average Bonchev–Trinajstić information content (AvgIpc) is 3.42. The lowest BCUT2D eigenvalue weighted by molar-refractivity contribution is 0.257. The quantitative estimate of drug-likeness (QED) is 0.381. The number of hydrogen-bond acceptors (Lipinski definition) is 8. The van der Waals surface area contributed by atoms with Crippen LogP contribution in [0.1, 0.15) is 37.3 Å². The molecule has 0 aliphatic carbocycles. The number of aromatic nitrogens is 2. The van der Waals surface area contributed by atoms with E-state index in [1.807, 2.05) is 4.90 Å². The number of benzene rings is 2. The molecular weight excluding hydrogens is 487 g/mol. The van der Waals surface area contributed by atoms with E-state index in [1.165, 1.54) is 24.3 Å². The molecule has 38 heavy (non-hydrogen) atoms. The second-order valence-corrected chi connectivity index (χ2v) is 9.99. The highest BCUT2D eigenvalue weighted by molar-refractivity contribution is 6.03. The number of ether oxygens (including phenoxy) is 1. The van der Waals surface area contributed by atoms with Gasteiger partial charge in [0.25, 0.3) is 0 Å². The number of aryl methyl sites for hydroxylation is 1. The molecule has 0 spiro atoms. The Bertz CT molecular complexity index is 1690. The second kappa shape index (κ2) is 9.30. The van der Waals surface area contributed by atoms with Crippen molar-refractivity contribution in [2.24, 2.45) is 0 Å². The van der Waals surface area contributed by atoms with Gasteiger partial charge < -0.3 is 24.5 Å². The van der Waals surface area contributed by atoms with Crippen LogP contribution in [0.4, 0.5) is 10.2 Å². The van der Waals surface area contributed by atoms with Gasteiger partial charge in [-0.1, -0.05) is 12.0 Å². The molecule has 0 radical (unpaired) electrons. The zero-order chi connectivity index (χ0) is 26.6. The summed E-state index contributed by atoms with van der Waals surface area (Å²) in [6.45, 7) is 5.95. The van der Waals surface area contributed by atoms with Gasteiger partial charge in [-0.25, -0.2) is 9.18 Å². The monoisotopic (exact) mass is 514 g/mol. The maximum atomic E-state index is 14.7. The molecule has 2 atom stereocenters. The van der Waals surface area contributed by atoms with Crippen LogP contribution >= 0.6 is 0 Å². The third kappa shape index (κ3) is 3.92. The number of terminal acetylenes is 1. The highest BCUT2D eigenvalue weighted by Crippen LogP contribution is 2.40. The zero-order valence-electron chi connectivity index (χ0n) is 21.2. The molecular formula is C29H27FN4O4. The maximum Gasteiger partial charge on any atom is 0.349 e. The Morgan fingerprint density at radius 3 is 2.82 bits per heavy atom. The first-order valence-electron chi connectivity index (χ1n) is 12.8. The fourth-order valence-electron chi connectivity index (χ4n) is 5.40. The molecule has 0 saturated carbocycles. The normalized spacial score (nSPS) is 19.1. The number of nitrogens with one attached hydrogen (secondary N) is 1. The molecule has 8 nitrogen and oxygen atoms in total. The van der Waals surface area contributed by atoms with Crippen LogP contribution in [0.5, 0.6) is 11.8 Å². The summed E-state index contributed by atoms with van der Waals surface area (Å²) in [6.07, 6.45) is 8.74. The molecule has 0 amide bonds. The van der Waals surface area contributed by atoms with Gasteiger partial charge in [0.05, 0.1) is 11.1 Å². The summed E-state index contributed by atoms with van der Waals surface area (Å²) >= 11 is 0. The van der Waals surface area contributed by atoms with Crippen LogP contribution < -0.4 is 20.6 Å². The number of phenols is 1. The van der Waals surface area contributed by atoms with Crippen molar-refractivity contribution in [3.8, 4) is 35.4 Å². The fraction of sp³-hybridized carbons (Fsp3) is 0.345. The van der Waals surface area contributed by atoms with Gasteiger partial charge in [-0.05, 0) is 63.2 Å². The van der Waals surface area contributed by atoms with E-state index in [0.717, 1.165) is 32.4 Å². The van der Waals surface area contributed by atoms with Crippen molar-refractivity contribution in [1.29, 1.82) is 0 Å². The Morgan fingerprint density at radius 1 is 1.29 bits per heavy atom. The number of halogens is 1. The summed E-state index contributed by atoms with van der Waals surface area (Å²) in [7, 11) is 0. The fourth-order valence-corrected chi connectivity index (χ4v) is 5.40. The van der Waals surface area contributed by atoms with Crippen LogP contribution in [0.15, 0.2) is 33.5 Å². The van der Waals surface area contributed by atoms with Crippen molar-refractivity contribution >= 4 is 27.5 Å². The smallest absolute Gasteiger partial charge is 0.349 e. The molecule has 0 unspecified atom stereocenters. The van der Waals surface area contributed by atoms with E-state index in [9.17, 15) is 14.3 Å². The third-order valence-corrected chi connectivity index (χ3v) is 7.57. The topological polar surface area (TPSA) is 101 Å². The third-order valence-electron chi connectivity index (χ3n) is 7.57. The molecule has 2 aromatic heterocycles. The van der Waals surface area contributed by atoms with Crippen molar-refractivity contribution in [1.82, 2.24) is 15.3 Å². The van der Waals surface area contributed by atoms with Crippen LogP contribution in [0.25, 0.3) is 33.0 Å². The first-order valence-corrected chi connectivity index (χ1v) is 12.8. The van der Waals surface area contributed by atoms with Crippen LogP contribution in [0.3, 0.4) is 0 Å². The summed E-state index contributed by atoms with van der Waals surface area (Å²) in [5.41, 5.74) is 0.600. The van der Waals surface area contributed by atoms with E-state index in [0.29, 0.717) is 39.8 Å². The van der Waals surface area contributed by atoms with Crippen LogP contribution in [0.2, 0.25) is 0 Å². The Hall–Kier alpha value is -4.16. The first-order chi connectivity index (χ1) is 18.4. The molecule has 4 aromatic rings. The van der Waals surface area contributed by atoms with Gasteiger partial charge in [0, 0.05) is 35.1 Å². The van der Waals surface area contributed by atoms with Gasteiger partial charge in [-0.15, -0.1) is 6.42 Å². The summed E-state index contributed by atoms with van der Waals surface area (Å²) in [5.74, 6) is 2.37. The molecule has 194 valence electrons. The van der Waals surface area contributed by atoms with Crippen molar-refractivity contribution in [2.45, 2.75) is 45.2 Å². The highest BCUT2D eigenvalue weighted by atomic mass is 19.1. The lowest BCUT2D eigenvalue weighted by Gasteiger charge is -2.40. The zero-order valence-corrected chi connectivity index (χ0v) is 21.2. The molecule has 2 N–H and O–H groups in total. The minimum Gasteiger partial charge on any atom is -0.508 e. The standard InChI is InChI=1S/C29H27FN4O4/c1-4-20-22(30)8-7-17-12-19(35)13-21(23(17)20)26-16(3)25-24(28(36)38-26)27(34-11-9-15(34)2)33-29(32-25)37-14-18-6-5-10-31-18/h1,7-8,12-13,15,18,31,35H,5-6,9-11,14H2,2-3H3/t15-,18+/m1/s1. The average molecular weight is 515 g/mol. The van der Waals surface area contributed by atoms with Crippen LogP contribution in [-0.2, 0) is 0 Å². The van der Waals surface area contributed by atoms with Crippen molar-refractivity contribution in [2.75, 3.05) is 24.6 Å². The summed E-state index contributed by atoms with van der Waals surface area (Å²) < 4.78 is 26.6. The van der Waals surface area contributed by atoms with Gasteiger partial charge in [0.15, 0.2) is 5.82 Å². The van der Waals surface area contributed by atoms with Gasteiger partial charge in [-0.3, -0.25) is 0 Å². The van der Waals surface area contributed by atoms with Crippen LogP contribution in [0, 0.1) is 25.1 Å². The summed E-state index contributed by atoms with van der Waals surface area (Å²) in [6, 6.07) is 6.28. The number of fused-ring (bicyclic) bond motifs is 2. The molecule has 6 rings (SSSR count). The van der Waals surface area contributed by atoms with Crippen molar-refractivity contribution in [3.63, 3.8) is 0 Å².